The Balaban J connectivity index is 3.18. The third-order valence-electron chi connectivity index (χ3n) is 1.85. The van der Waals surface area contributed by atoms with E-state index in [0.717, 1.165) is 12.1 Å². The summed E-state index contributed by atoms with van der Waals surface area (Å²) >= 11 is 11.6. The lowest BCUT2D eigenvalue weighted by molar-refractivity contribution is -0.115. The molecule has 0 aliphatic carbocycles. The molecule has 0 radical (unpaired) electrons. The van der Waals surface area contributed by atoms with Gasteiger partial charge >= 0.3 is 0 Å². The first-order valence-electron chi connectivity index (χ1n) is 4.44. The molecule has 1 rings (SSSR count). The van der Waals surface area contributed by atoms with Gasteiger partial charge in [-0.2, -0.15) is 5.26 Å². The number of rotatable bonds is 3. The minimum absolute atomic E-state index is 0.0333. The van der Waals surface area contributed by atoms with Gasteiger partial charge in [-0.1, -0.05) is 23.2 Å². The molecule has 1 aromatic carbocycles. The topological polar surface area (TPSA) is 113 Å². The fourth-order valence-corrected chi connectivity index (χ4v) is 2.36. The first-order valence-corrected chi connectivity index (χ1v) is 6.74. The van der Waals surface area contributed by atoms with Crippen LogP contribution >= 0.6 is 23.2 Å². The monoisotopic (exact) mass is 307 g/mol. The van der Waals surface area contributed by atoms with Crippen molar-refractivity contribution in [3.63, 3.8) is 0 Å². The Morgan fingerprint density at radius 1 is 1.39 bits per heavy atom. The van der Waals surface area contributed by atoms with Crippen LogP contribution < -0.4 is 10.5 Å². The number of nitriles is 1. The number of nitrogens with zero attached hydrogens (tertiary/aromatic N) is 1. The number of carbonyl (C=O) groups excluding carboxylic acids is 1. The van der Waals surface area contributed by atoms with E-state index < -0.39 is 15.9 Å². The van der Waals surface area contributed by atoms with Crippen molar-refractivity contribution in [2.24, 2.45) is 5.14 Å². The summed E-state index contributed by atoms with van der Waals surface area (Å²) in [5.41, 5.74) is 0.0333. The number of halogens is 2. The van der Waals surface area contributed by atoms with Crippen molar-refractivity contribution in [2.75, 3.05) is 5.32 Å². The molecule has 0 aliphatic rings. The van der Waals surface area contributed by atoms with Crippen LogP contribution in [0, 0.1) is 11.3 Å². The predicted molar refractivity (Wildman–Crippen MR) is 66.7 cm³/mol. The number of primary sulfonamides is 1. The number of anilines is 1. The van der Waals surface area contributed by atoms with Gasteiger partial charge in [0.1, 0.15) is 6.42 Å². The first-order chi connectivity index (χ1) is 8.25. The number of nitrogens with one attached hydrogen (secondary N) is 1. The van der Waals surface area contributed by atoms with Gasteiger partial charge in [0, 0.05) is 0 Å². The number of hydrogen-bond acceptors (Lipinski definition) is 4. The van der Waals surface area contributed by atoms with Gasteiger partial charge in [0.2, 0.25) is 15.9 Å². The first kappa shape index (κ1) is 14.7. The van der Waals surface area contributed by atoms with Gasteiger partial charge in [-0.3, -0.25) is 4.79 Å². The van der Waals surface area contributed by atoms with Crippen LogP contribution in [0.4, 0.5) is 5.69 Å². The van der Waals surface area contributed by atoms with Gasteiger partial charge in [-0.25, -0.2) is 13.6 Å². The highest BCUT2D eigenvalue weighted by molar-refractivity contribution is 7.89. The Morgan fingerprint density at radius 2 is 1.89 bits per heavy atom. The second-order valence-corrected chi connectivity index (χ2v) is 5.57. The van der Waals surface area contributed by atoms with E-state index in [4.69, 9.17) is 33.6 Å². The molecule has 3 N–H and O–H groups in total. The maximum atomic E-state index is 11.2. The Labute approximate surface area is 113 Å². The van der Waals surface area contributed by atoms with E-state index in [1.165, 1.54) is 0 Å². The summed E-state index contributed by atoms with van der Waals surface area (Å²) in [6, 6.07) is 3.77. The molecule has 9 heteroatoms. The average Bonchev–Trinajstić information content (AvgIpc) is 2.22. The van der Waals surface area contributed by atoms with E-state index in [2.05, 4.69) is 5.32 Å². The zero-order valence-electron chi connectivity index (χ0n) is 8.78. The lowest BCUT2D eigenvalue weighted by Gasteiger charge is -2.09. The molecule has 0 atom stereocenters. The molecule has 6 nitrogen and oxygen atoms in total. The molecule has 0 saturated heterocycles. The third kappa shape index (κ3) is 3.58. The summed E-state index contributed by atoms with van der Waals surface area (Å²) in [6.07, 6.45) is -0.371. The van der Waals surface area contributed by atoms with E-state index in [1.54, 1.807) is 6.07 Å². The van der Waals surface area contributed by atoms with E-state index >= 15 is 0 Å². The molecule has 0 unspecified atom stereocenters. The number of benzene rings is 1. The van der Waals surface area contributed by atoms with Crippen molar-refractivity contribution in [3.05, 3.63) is 22.2 Å². The van der Waals surface area contributed by atoms with Crippen molar-refractivity contribution in [1.82, 2.24) is 0 Å². The highest BCUT2D eigenvalue weighted by Crippen LogP contribution is 2.33. The van der Waals surface area contributed by atoms with Crippen LogP contribution in [-0.4, -0.2) is 14.3 Å². The fraction of sp³-hybridized carbons (Fsp3) is 0.111. The van der Waals surface area contributed by atoms with Crippen LogP contribution in [0.1, 0.15) is 6.42 Å². The Kier molecular flexibility index (Phi) is 4.53. The van der Waals surface area contributed by atoms with E-state index in [-0.39, 0.29) is 27.0 Å². The van der Waals surface area contributed by atoms with Gasteiger partial charge in [-0.15, -0.1) is 0 Å². The number of sulfonamides is 1. The standard InChI is InChI=1S/C9H7Cl2N3O3S/c10-6-3-5(18(13,16)17)4-7(11)9(6)14-8(15)1-2-12/h3-4H,1H2,(H,14,15)(H2,13,16,17). The quantitative estimate of drug-likeness (QED) is 0.880. The maximum absolute atomic E-state index is 11.2. The summed E-state index contributed by atoms with van der Waals surface area (Å²) in [5, 5.41) is 15.4. The molecule has 18 heavy (non-hydrogen) atoms. The van der Waals surface area contributed by atoms with Crippen LogP contribution in [0.5, 0.6) is 0 Å². The number of hydrogen-bond donors (Lipinski definition) is 2. The average molecular weight is 308 g/mol. The molecule has 96 valence electrons. The Morgan fingerprint density at radius 3 is 2.28 bits per heavy atom. The molecule has 0 saturated carbocycles. The van der Waals surface area contributed by atoms with E-state index in [9.17, 15) is 13.2 Å². The van der Waals surface area contributed by atoms with Crippen molar-refractivity contribution < 1.29 is 13.2 Å². The minimum Gasteiger partial charge on any atom is -0.323 e. The second-order valence-electron chi connectivity index (χ2n) is 3.19. The zero-order valence-corrected chi connectivity index (χ0v) is 11.1. The summed E-state index contributed by atoms with van der Waals surface area (Å²) in [5.74, 6) is -0.607. The Hall–Kier alpha value is -1.33. The summed E-state index contributed by atoms with van der Waals surface area (Å²) in [6.45, 7) is 0. The highest BCUT2D eigenvalue weighted by Gasteiger charge is 2.16. The van der Waals surface area contributed by atoms with Gasteiger partial charge in [0.15, 0.2) is 0 Å². The SMILES string of the molecule is N#CCC(=O)Nc1c(Cl)cc(S(N)(=O)=O)cc1Cl. The molecule has 0 aliphatic heterocycles. The Bertz CT molecular complexity index is 614. The number of carbonyl (C=O) groups is 1. The van der Waals surface area contributed by atoms with Gasteiger partial charge in [-0.05, 0) is 12.1 Å². The second kappa shape index (κ2) is 5.54. The van der Waals surface area contributed by atoms with Crippen LogP contribution in [0.3, 0.4) is 0 Å². The summed E-state index contributed by atoms with van der Waals surface area (Å²) in [4.78, 5) is 10.9. The molecule has 0 heterocycles. The molecule has 0 aromatic heterocycles. The molecule has 0 spiro atoms. The van der Waals surface area contributed by atoms with Crippen LogP contribution in [0.25, 0.3) is 0 Å². The van der Waals surface area contributed by atoms with Crippen molar-refractivity contribution in [2.45, 2.75) is 11.3 Å². The molecule has 1 amide bonds. The van der Waals surface area contributed by atoms with Crippen LogP contribution in [0.2, 0.25) is 10.0 Å². The summed E-state index contributed by atoms with van der Waals surface area (Å²) in [7, 11) is -3.94. The lowest BCUT2D eigenvalue weighted by atomic mass is 10.3. The molecule has 0 fully saturated rings. The number of amides is 1. The van der Waals surface area contributed by atoms with Crippen molar-refractivity contribution >= 4 is 44.8 Å². The largest absolute Gasteiger partial charge is 0.323 e. The predicted octanol–water partition coefficient (Wildman–Crippen LogP) is 1.49. The maximum Gasteiger partial charge on any atom is 0.238 e. The molecular weight excluding hydrogens is 301 g/mol. The molecular formula is C9H7Cl2N3O3S. The zero-order chi connectivity index (χ0) is 13.9. The minimum atomic E-state index is -3.94. The van der Waals surface area contributed by atoms with Gasteiger partial charge < -0.3 is 5.32 Å². The normalized spacial score (nSPS) is 10.8. The molecule has 1 aromatic rings. The van der Waals surface area contributed by atoms with Crippen LogP contribution in [0.15, 0.2) is 17.0 Å². The van der Waals surface area contributed by atoms with E-state index in [1.807, 2.05) is 0 Å². The summed E-state index contributed by atoms with van der Waals surface area (Å²) < 4.78 is 22.2. The highest BCUT2D eigenvalue weighted by atomic mass is 35.5. The third-order valence-corrected chi connectivity index (χ3v) is 3.34. The fourth-order valence-electron chi connectivity index (χ4n) is 1.09. The van der Waals surface area contributed by atoms with E-state index in [0.29, 0.717) is 0 Å². The number of nitrogens with two attached hydrogens (primary N) is 1. The lowest BCUT2D eigenvalue weighted by Crippen LogP contribution is -2.14. The van der Waals surface area contributed by atoms with Crippen molar-refractivity contribution in [3.8, 4) is 6.07 Å². The van der Waals surface area contributed by atoms with Crippen molar-refractivity contribution in [1.29, 1.82) is 5.26 Å². The molecule has 0 bridgehead atoms. The van der Waals surface area contributed by atoms with Gasteiger partial charge in [0.05, 0.1) is 26.7 Å². The smallest absolute Gasteiger partial charge is 0.238 e. The van der Waals surface area contributed by atoms with Crippen LogP contribution in [-0.2, 0) is 14.8 Å². The van der Waals surface area contributed by atoms with Gasteiger partial charge in [0.25, 0.3) is 0 Å².